The molecule has 0 aliphatic carbocycles. The summed E-state index contributed by atoms with van der Waals surface area (Å²) in [5, 5.41) is 9.01. The van der Waals surface area contributed by atoms with Crippen molar-refractivity contribution in [3.8, 4) is 0 Å². The van der Waals surface area contributed by atoms with Gasteiger partial charge in [-0.25, -0.2) is 13.8 Å². The highest BCUT2D eigenvalue weighted by Gasteiger charge is 2.25. The molecular weight excluding hydrogens is 202 g/mol. The maximum absolute atomic E-state index is 12.1. The molecule has 6 heteroatoms. The van der Waals surface area contributed by atoms with Gasteiger partial charge in [0.05, 0.1) is 12.0 Å². The second-order valence-corrected chi connectivity index (χ2v) is 2.84. The molecule has 0 radical (unpaired) electrons. The Balaban J connectivity index is 3.03. The first-order valence-corrected chi connectivity index (χ1v) is 4.12. The first-order valence-electron chi connectivity index (χ1n) is 3.74. The topological polar surface area (TPSA) is 38.0 Å². The van der Waals surface area contributed by atoms with Gasteiger partial charge in [0.2, 0.25) is 0 Å². The fourth-order valence-electron chi connectivity index (χ4n) is 1.03. The van der Waals surface area contributed by atoms with Crippen LogP contribution in [0.25, 0.3) is 0 Å². The van der Waals surface area contributed by atoms with Gasteiger partial charge in [-0.1, -0.05) is 11.6 Å². The van der Waals surface area contributed by atoms with E-state index in [0.717, 1.165) is 0 Å². The summed E-state index contributed by atoms with van der Waals surface area (Å²) in [6.07, 6.45) is -3.39. The highest BCUT2D eigenvalue weighted by atomic mass is 35.5. The van der Waals surface area contributed by atoms with Crippen LogP contribution in [0.2, 0.25) is 5.15 Å². The molecule has 1 heterocycles. The summed E-state index contributed by atoms with van der Waals surface area (Å²) < 4.78 is 25.7. The van der Waals surface area contributed by atoms with Crippen molar-refractivity contribution in [3.05, 3.63) is 17.2 Å². The SMILES string of the molecule is CCn1cnc(Cl)c1C(O)C(F)F. The van der Waals surface area contributed by atoms with Crippen LogP contribution >= 0.6 is 11.6 Å². The zero-order chi connectivity index (χ0) is 10.0. The maximum Gasteiger partial charge on any atom is 0.269 e. The van der Waals surface area contributed by atoms with Gasteiger partial charge in [0.1, 0.15) is 0 Å². The number of aromatic nitrogens is 2. The Morgan fingerprint density at radius 3 is 2.77 bits per heavy atom. The molecule has 0 aliphatic heterocycles. The number of hydrogen-bond donors (Lipinski definition) is 1. The summed E-state index contributed by atoms with van der Waals surface area (Å²) in [5.41, 5.74) is -0.0285. The van der Waals surface area contributed by atoms with Gasteiger partial charge in [0.15, 0.2) is 11.3 Å². The van der Waals surface area contributed by atoms with Crippen LogP contribution < -0.4 is 0 Å². The fraction of sp³-hybridized carbons (Fsp3) is 0.571. The summed E-state index contributed by atoms with van der Waals surface area (Å²) in [5.74, 6) is 0. The number of aryl methyl sites for hydroxylation is 1. The minimum Gasteiger partial charge on any atom is -0.381 e. The molecule has 3 nitrogen and oxygen atoms in total. The van der Waals surface area contributed by atoms with Crippen LogP contribution in [0, 0.1) is 0 Å². The van der Waals surface area contributed by atoms with Gasteiger partial charge < -0.3 is 9.67 Å². The molecule has 0 fully saturated rings. The van der Waals surface area contributed by atoms with E-state index in [1.165, 1.54) is 10.9 Å². The Hall–Kier alpha value is -0.680. The van der Waals surface area contributed by atoms with Crippen molar-refractivity contribution in [3.63, 3.8) is 0 Å². The molecule has 0 aliphatic rings. The van der Waals surface area contributed by atoms with Crippen molar-refractivity contribution in [1.82, 2.24) is 9.55 Å². The third kappa shape index (κ3) is 1.97. The maximum atomic E-state index is 12.1. The van der Waals surface area contributed by atoms with Crippen LogP contribution in [0.15, 0.2) is 6.33 Å². The standard InChI is InChI=1S/C7H9ClF2N2O/c1-2-12-3-11-6(8)4(12)5(13)7(9)10/h3,5,7,13H,2H2,1H3. The van der Waals surface area contributed by atoms with Gasteiger partial charge in [-0.2, -0.15) is 0 Å². The molecular formula is C7H9ClF2N2O. The number of aliphatic hydroxyl groups is 1. The lowest BCUT2D eigenvalue weighted by atomic mass is 10.3. The Labute approximate surface area is 79.0 Å². The van der Waals surface area contributed by atoms with E-state index in [0.29, 0.717) is 6.54 Å². The molecule has 0 saturated heterocycles. The van der Waals surface area contributed by atoms with Crippen LogP contribution in [-0.4, -0.2) is 21.1 Å². The molecule has 0 spiro atoms. The van der Waals surface area contributed by atoms with E-state index in [-0.39, 0.29) is 10.8 Å². The molecule has 0 aromatic carbocycles. The molecule has 1 N–H and O–H groups in total. The number of halogens is 3. The Bertz CT molecular complexity index is 290. The zero-order valence-corrected chi connectivity index (χ0v) is 7.67. The second kappa shape index (κ2) is 4.02. The molecule has 1 atom stereocenters. The summed E-state index contributed by atoms with van der Waals surface area (Å²) in [6.45, 7) is 2.19. The highest BCUT2D eigenvalue weighted by Crippen LogP contribution is 2.26. The average molecular weight is 211 g/mol. The number of imidazole rings is 1. The van der Waals surface area contributed by atoms with Gasteiger partial charge in [0, 0.05) is 6.54 Å². The van der Waals surface area contributed by atoms with E-state index in [1.54, 1.807) is 6.92 Å². The highest BCUT2D eigenvalue weighted by molar-refractivity contribution is 6.30. The largest absolute Gasteiger partial charge is 0.381 e. The third-order valence-electron chi connectivity index (χ3n) is 1.69. The van der Waals surface area contributed by atoms with Crippen molar-refractivity contribution in [1.29, 1.82) is 0 Å². The van der Waals surface area contributed by atoms with E-state index in [1.807, 2.05) is 0 Å². The predicted molar refractivity (Wildman–Crippen MR) is 43.9 cm³/mol. The first kappa shape index (κ1) is 10.4. The van der Waals surface area contributed by atoms with Crippen molar-refractivity contribution < 1.29 is 13.9 Å². The lowest BCUT2D eigenvalue weighted by molar-refractivity contribution is -0.0100. The Morgan fingerprint density at radius 2 is 2.31 bits per heavy atom. The number of aliphatic hydroxyl groups excluding tert-OH is 1. The van der Waals surface area contributed by atoms with E-state index >= 15 is 0 Å². The quantitative estimate of drug-likeness (QED) is 0.827. The van der Waals surface area contributed by atoms with Crippen molar-refractivity contribution in [2.75, 3.05) is 0 Å². The number of nitrogens with zero attached hydrogens (tertiary/aromatic N) is 2. The second-order valence-electron chi connectivity index (χ2n) is 2.49. The normalized spacial score (nSPS) is 13.7. The van der Waals surface area contributed by atoms with Crippen molar-refractivity contribution in [2.24, 2.45) is 0 Å². The van der Waals surface area contributed by atoms with E-state index in [4.69, 9.17) is 16.7 Å². The molecule has 0 bridgehead atoms. The zero-order valence-electron chi connectivity index (χ0n) is 6.91. The molecule has 13 heavy (non-hydrogen) atoms. The summed E-state index contributed by atoms with van der Waals surface area (Å²) >= 11 is 5.54. The van der Waals surface area contributed by atoms with Gasteiger partial charge in [-0.3, -0.25) is 0 Å². The van der Waals surface area contributed by atoms with Crippen LogP contribution in [0.3, 0.4) is 0 Å². The first-order chi connectivity index (χ1) is 6.07. The average Bonchev–Trinajstić information content (AvgIpc) is 2.45. The summed E-state index contributed by atoms with van der Waals surface area (Å²) in [7, 11) is 0. The van der Waals surface area contributed by atoms with E-state index < -0.39 is 12.5 Å². The van der Waals surface area contributed by atoms with Crippen LogP contribution in [-0.2, 0) is 6.54 Å². The van der Waals surface area contributed by atoms with Crippen LogP contribution in [0.4, 0.5) is 8.78 Å². The minimum absolute atomic E-state index is 0.0285. The minimum atomic E-state index is -2.85. The molecule has 74 valence electrons. The molecule has 1 unspecified atom stereocenters. The number of hydrogen-bond acceptors (Lipinski definition) is 2. The molecule has 1 aromatic heterocycles. The van der Waals surface area contributed by atoms with Gasteiger partial charge in [-0.05, 0) is 6.92 Å². The lowest BCUT2D eigenvalue weighted by Gasteiger charge is -2.11. The number of rotatable bonds is 3. The molecule has 0 amide bonds. The van der Waals surface area contributed by atoms with Gasteiger partial charge >= 0.3 is 0 Å². The van der Waals surface area contributed by atoms with Crippen molar-refractivity contribution in [2.45, 2.75) is 26.0 Å². The molecule has 1 aromatic rings. The summed E-state index contributed by atoms with van der Waals surface area (Å²) in [4.78, 5) is 3.63. The third-order valence-corrected chi connectivity index (χ3v) is 1.98. The summed E-state index contributed by atoms with van der Waals surface area (Å²) in [6, 6.07) is 0. The van der Waals surface area contributed by atoms with Crippen molar-refractivity contribution >= 4 is 11.6 Å². The van der Waals surface area contributed by atoms with Gasteiger partial charge in [0.25, 0.3) is 6.43 Å². The Kier molecular flexibility index (Phi) is 3.22. The monoisotopic (exact) mass is 210 g/mol. The van der Waals surface area contributed by atoms with Crippen LogP contribution in [0.1, 0.15) is 18.7 Å². The van der Waals surface area contributed by atoms with Gasteiger partial charge in [-0.15, -0.1) is 0 Å². The molecule has 0 saturated carbocycles. The lowest BCUT2D eigenvalue weighted by Crippen LogP contribution is -2.13. The smallest absolute Gasteiger partial charge is 0.269 e. The number of alkyl halides is 2. The molecule has 1 rings (SSSR count). The Morgan fingerprint density at radius 1 is 1.69 bits per heavy atom. The van der Waals surface area contributed by atoms with E-state index in [9.17, 15) is 8.78 Å². The van der Waals surface area contributed by atoms with Crippen LogP contribution in [0.5, 0.6) is 0 Å². The van der Waals surface area contributed by atoms with E-state index in [2.05, 4.69) is 4.98 Å². The predicted octanol–water partition coefficient (Wildman–Crippen LogP) is 1.85. The fourth-order valence-corrected chi connectivity index (χ4v) is 1.29.